The average molecular weight is 236 g/mol. The highest BCUT2D eigenvalue weighted by molar-refractivity contribution is 5.91. The van der Waals surface area contributed by atoms with Crippen LogP contribution in [-0.4, -0.2) is 25.0 Å². The maximum Gasteiger partial charge on any atom is 0.286 e. The molecule has 2 rings (SSSR count). The van der Waals surface area contributed by atoms with Gasteiger partial charge in [0.2, 0.25) is 0 Å². The Morgan fingerprint density at radius 3 is 2.88 bits per heavy atom. The van der Waals surface area contributed by atoms with Gasteiger partial charge >= 0.3 is 0 Å². The average Bonchev–Trinajstić information content (AvgIpc) is 3.03. The first kappa shape index (κ1) is 12.2. The molecule has 0 unspecified atom stereocenters. The van der Waals surface area contributed by atoms with E-state index >= 15 is 0 Å². The van der Waals surface area contributed by atoms with Crippen molar-refractivity contribution < 1.29 is 9.21 Å². The van der Waals surface area contributed by atoms with Gasteiger partial charge in [-0.05, 0) is 37.9 Å². The second kappa shape index (κ2) is 5.87. The van der Waals surface area contributed by atoms with Crippen LogP contribution in [0.2, 0.25) is 0 Å². The van der Waals surface area contributed by atoms with E-state index in [4.69, 9.17) is 4.42 Å². The van der Waals surface area contributed by atoms with Crippen LogP contribution in [0, 0.1) is 0 Å². The molecule has 4 nitrogen and oxygen atoms in total. The van der Waals surface area contributed by atoms with Crippen LogP contribution in [-0.2, 0) is 6.42 Å². The highest BCUT2D eigenvalue weighted by atomic mass is 16.3. The summed E-state index contributed by atoms with van der Waals surface area (Å²) < 4.78 is 5.37. The van der Waals surface area contributed by atoms with Crippen molar-refractivity contribution in [3.05, 3.63) is 23.7 Å². The highest BCUT2D eigenvalue weighted by Gasteiger charge is 2.19. The Labute approximate surface area is 102 Å². The van der Waals surface area contributed by atoms with Gasteiger partial charge in [-0.1, -0.05) is 6.92 Å². The van der Waals surface area contributed by atoms with Gasteiger partial charge in [-0.15, -0.1) is 0 Å². The van der Waals surface area contributed by atoms with Crippen molar-refractivity contribution in [1.82, 2.24) is 10.6 Å². The van der Waals surface area contributed by atoms with E-state index < -0.39 is 0 Å². The largest absolute Gasteiger partial charge is 0.456 e. The minimum absolute atomic E-state index is 0.115. The van der Waals surface area contributed by atoms with Crippen molar-refractivity contribution in [3.63, 3.8) is 0 Å². The van der Waals surface area contributed by atoms with Gasteiger partial charge in [0.25, 0.3) is 5.91 Å². The van der Waals surface area contributed by atoms with Crippen LogP contribution < -0.4 is 10.6 Å². The van der Waals surface area contributed by atoms with Crippen LogP contribution in [0.15, 0.2) is 16.5 Å². The summed E-state index contributed by atoms with van der Waals surface area (Å²) in [6.45, 7) is 3.67. The predicted molar refractivity (Wildman–Crippen MR) is 66.1 cm³/mol. The summed E-state index contributed by atoms with van der Waals surface area (Å²) >= 11 is 0. The summed E-state index contributed by atoms with van der Waals surface area (Å²) in [5, 5.41) is 6.27. The van der Waals surface area contributed by atoms with E-state index in [0.717, 1.165) is 31.2 Å². The molecule has 1 aromatic rings. The lowest BCUT2D eigenvalue weighted by molar-refractivity contribution is 0.0924. The number of rotatable bonds is 7. The summed E-state index contributed by atoms with van der Waals surface area (Å²) in [5.74, 6) is 1.15. The first-order chi connectivity index (χ1) is 8.29. The van der Waals surface area contributed by atoms with Crippen LogP contribution in [0.5, 0.6) is 0 Å². The molecular formula is C13H20N2O2. The molecule has 17 heavy (non-hydrogen) atoms. The fourth-order valence-electron chi connectivity index (χ4n) is 1.66. The highest BCUT2D eigenvalue weighted by Crippen LogP contribution is 2.18. The predicted octanol–water partition coefficient (Wildman–Crippen LogP) is 1.71. The minimum Gasteiger partial charge on any atom is -0.456 e. The molecule has 1 amide bonds. The Morgan fingerprint density at radius 1 is 1.41 bits per heavy atom. The van der Waals surface area contributed by atoms with E-state index in [-0.39, 0.29) is 5.91 Å². The maximum absolute atomic E-state index is 11.7. The van der Waals surface area contributed by atoms with Crippen LogP contribution in [0.3, 0.4) is 0 Å². The van der Waals surface area contributed by atoms with Gasteiger partial charge in [0.15, 0.2) is 5.76 Å². The smallest absolute Gasteiger partial charge is 0.286 e. The van der Waals surface area contributed by atoms with E-state index in [9.17, 15) is 4.79 Å². The molecular weight excluding hydrogens is 216 g/mol. The Bertz CT molecular complexity index is 369. The Hall–Kier alpha value is -1.29. The van der Waals surface area contributed by atoms with Crippen molar-refractivity contribution in [2.75, 3.05) is 13.1 Å². The first-order valence-electron chi connectivity index (χ1n) is 6.40. The van der Waals surface area contributed by atoms with Crippen molar-refractivity contribution in [3.8, 4) is 0 Å². The third kappa shape index (κ3) is 3.89. The van der Waals surface area contributed by atoms with Gasteiger partial charge in [0, 0.05) is 19.0 Å². The number of carbonyl (C=O) groups excluding carboxylic acids is 1. The Morgan fingerprint density at radius 2 is 2.24 bits per heavy atom. The molecule has 0 bridgehead atoms. The van der Waals surface area contributed by atoms with E-state index in [2.05, 4.69) is 10.6 Å². The van der Waals surface area contributed by atoms with Crippen LogP contribution in [0.1, 0.15) is 42.5 Å². The molecule has 0 saturated heterocycles. The number of aryl methyl sites for hydroxylation is 1. The maximum atomic E-state index is 11.7. The minimum atomic E-state index is -0.115. The van der Waals surface area contributed by atoms with Gasteiger partial charge in [-0.3, -0.25) is 4.79 Å². The molecule has 1 aromatic heterocycles. The topological polar surface area (TPSA) is 54.3 Å². The fraction of sp³-hybridized carbons (Fsp3) is 0.615. The van der Waals surface area contributed by atoms with Gasteiger partial charge in [0.05, 0.1) is 0 Å². The first-order valence-corrected chi connectivity index (χ1v) is 6.40. The summed E-state index contributed by atoms with van der Waals surface area (Å²) in [6.07, 6.45) is 4.39. The molecule has 0 atom stereocenters. The molecule has 94 valence electrons. The molecule has 1 aliphatic rings. The number of amides is 1. The molecule has 1 saturated carbocycles. The lowest BCUT2D eigenvalue weighted by Gasteiger charge is -2.04. The third-order valence-electron chi connectivity index (χ3n) is 2.88. The van der Waals surface area contributed by atoms with Crippen LogP contribution in [0.4, 0.5) is 0 Å². The van der Waals surface area contributed by atoms with Gasteiger partial charge in [0.1, 0.15) is 5.76 Å². The molecule has 1 fully saturated rings. The molecule has 1 heterocycles. The zero-order valence-electron chi connectivity index (χ0n) is 10.3. The second-order valence-corrected chi connectivity index (χ2v) is 4.46. The number of carbonyl (C=O) groups is 1. The fourth-order valence-corrected chi connectivity index (χ4v) is 1.66. The van der Waals surface area contributed by atoms with E-state index in [0.29, 0.717) is 12.3 Å². The van der Waals surface area contributed by atoms with E-state index in [1.54, 1.807) is 6.07 Å². The Kier molecular flexibility index (Phi) is 4.20. The van der Waals surface area contributed by atoms with Crippen LogP contribution in [0.25, 0.3) is 0 Å². The van der Waals surface area contributed by atoms with Gasteiger partial charge in [-0.25, -0.2) is 0 Å². The quantitative estimate of drug-likeness (QED) is 0.709. The van der Waals surface area contributed by atoms with Crippen molar-refractivity contribution in [1.29, 1.82) is 0 Å². The van der Waals surface area contributed by atoms with Crippen molar-refractivity contribution >= 4 is 5.91 Å². The summed E-state index contributed by atoms with van der Waals surface area (Å²) in [7, 11) is 0. The van der Waals surface area contributed by atoms with E-state index in [1.165, 1.54) is 12.8 Å². The standard InChI is InChI=1S/C13H20N2O2/c1-2-11-6-7-12(17-11)13(16)15-9-3-8-14-10-4-5-10/h6-7,10,14H,2-5,8-9H2,1H3,(H,15,16). The summed E-state index contributed by atoms with van der Waals surface area (Å²) in [5.41, 5.74) is 0. The summed E-state index contributed by atoms with van der Waals surface area (Å²) in [4.78, 5) is 11.7. The lowest BCUT2D eigenvalue weighted by atomic mass is 10.3. The van der Waals surface area contributed by atoms with Gasteiger partial charge < -0.3 is 15.1 Å². The molecule has 0 radical (unpaired) electrons. The number of nitrogens with one attached hydrogen (secondary N) is 2. The zero-order chi connectivity index (χ0) is 12.1. The zero-order valence-corrected chi connectivity index (χ0v) is 10.3. The second-order valence-electron chi connectivity index (χ2n) is 4.46. The number of furan rings is 1. The monoisotopic (exact) mass is 236 g/mol. The number of hydrogen-bond acceptors (Lipinski definition) is 3. The molecule has 0 aliphatic heterocycles. The molecule has 4 heteroatoms. The van der Waals surface area contributed by atoms with Crippen molar-refractivity contribution in [2.45, 2.75) is 38.6 Å². The van der Waals surface area contributed by atoms with Crippen molar-refractivity contribution in [2.24, 2.45) is 0 Å². The molecule has 1 aliphatic carbocycles. The molecule has 2 N–H and O–H groups in total. The number of hydrogen-bond donors (Lipinski definition) is 2. The normalized spacial score (nSPS) is 14.9. The molecule has 0 spiro atoms. The summed E-state index contributed by atoms with van der Waals surface area (Å²) in [6, 6.07) is 4.32. The Balaban J connectivity index is 1.62. The lowest BCUT2D eigenvalue weighted by Crippen LogP contribution is -2.27. The SMILES string of the molecule is CCc1ccc(C(=O)NCCCNC2CC2)o1. The third-order valence-corrected chi connectivity index (χ3v) is 2.88. The van der Waals surface area contributed by atoms with Crippen LogP contribution >= 0.6 is 0 Å². The van der Waals surface area contributed by atoms with Gasteiger partial charge in [-0.2, -0.15) is 0 Å². The molecule has 0 aromatic carbocycles. The van der Waals surface area contributed by atoms with E-state index in [1.807, 2.05) is 13.0 Å².